The smallest absolute Gasteiger partial charge is 0.270 e. The van der Waals surface area contributed by atoms with Gasteiger partial charge in [-0.05, 0) is 100 Å². The molecule has 1 N–H and O–H groups in total. The second-order valence-electron chi connectivity index (χ2n) is 13.8. The summed E-state index contributed by atoms with van der Waals surface area (Å²) >= 11 is 0. The number of carbonyl (C=O) groups excluding carboxylic acids is 3. The van der Waals surface area contributed by atoms with Gasteiger partial charge in [0.15, 0.2) is 0 Å². The number of non-ortho nitro benzene ring substituents is 1. The molecule has 7 atom stereocenters. The standard InChI is InChI=1S/C30H41N3O5/c1-28(2,3)31-26(35)23-11-10-21-20-9-12-24-30(5,22(20)13-15-29(21,23)4)16-14-25(34)32(24)27(36)18-7-6-8-19(17-18)33(37)38/h6-8,17,20-24H,9-16H2,1-5H3,(H,31,35)/t20-,21-,22-,23+,24+,29-,30+/m0/s1. The topological polar surface area (TPSA) is 110 Å². The van der Waals surface area contributed by atoms with Crippen LogP contribution in [0.15, 0.2) is 24.3 Å². The van der Waals surface area contributed by atoms with E-state index < -0.39 is 10.8 Å². The van der Waals surface area contributed by atoms with Crippen LogP contribution >= 0.6 is 0 Å². The molecule has 0 radical (unpaired) electrons. The molecule has 0 bridgehead atoms. The van der Waals surface area contributed by atoms with Gasteiger partial charge in [0.05, 0.1) is 4.92 Å². The van der Waals surface area contributed by atoms with Crippen molar-refractivity contribution in [1.82, 2.24) is 10.2 Å². The van der Waals surface area contributed by atoms with Gasteiger partial charge in [0.2, 0.25) is 11.8 Å². The molecule has 3 aliphatic carbocycles. The molecule has 1 aromatic carbocycles. The molecule has 0 unspecified atom stereocenters. The molecule has 38 heavy (non-hydrogen) atoms. The maximum atomic E-state index is 13.6. The molecule has 1 aliphatic heterocycles. The minimum atomic E-state index is -0.514. The van der Waals surface area contributed by atoms with Crippen molar-refractivity contribution in [3.05, 3.63) is 39.9 Å². The summed E-state index contributed by atoms with van der Waals surface area (Å²) in [6.07, 6.45) is 6.70. The number of amides is 3. The summed E-state index contributed by atoms with van der Waals surface area (Å²) in [5.41, 5.74) is -0.427. The summed E-state index contributed by atoms with van der Waals surface area (Å²) in [6.45, 7) is 10.7. The van der Waals surface area contributed by atoms with Crippen LogP contribution in [0.25, 0.3) is 0 Å². The van der Waals surface area contributed by atoms with E-state index in [0.717, 1.165) is 44.9 Å². The number of rotatable bonds is 3. The van der Waals surface area contributed by atoms with E-state index in [-0.39, 0.29) is 51.4 Å². The van der Waals surface area contributed by atoms with Gasteiger partial charge in [-0.1, -0.05) is 19.9 Å². The molecule has 3 saturated carbocycles. The van der Waals surface area contributed by atoms with Crippen molar-refractivity contribution in [3.63, 3.8) is 0 Å². The average molecular weight is 524 g/mol. The largest absolute Gasteiger partial charge is 0.351 e. The Hall–Kier alpha value is -2.77. The molecule has 1 heterocycles. The highest BCUT2D eigenvalue weighted by molar-refractivity contribution is 6.05. The van der Waals surface area contributed by atoms with E-state index >= 15 is 0 Å². The predicted octanol–water partition coefficient (Wildman–Crippen LogP) is 5.50. The van der Waals surface area contributed by atoms with Crippen LogP contribution in [0.4, 0.5) is 5.69 Å². The van der Waals surface area contributed by atoms with E-state index in [1.807, 2.05) is 20.8 Å². The quantitative estimate of drug-likeness (QED) is 0.320. The fraction of sp³-hybridized carbons (Fsp3) is 0.700. The number of nitro benzene ring substituents is 1. The van der Waals surface area contributed by atoms with Gasteiger partial charge >= 0.3 is 0 Å². The lowest BCUT2D eigenvalue weighted by Gasteiger charge is -2.61. The Morgan fingerprint density at radius 2 is 1.74 bits per heavy atom. The van der Waals surface area contributed by atoms with Crippen LogP contribution in [0.2, 0.25) is 0 Å². The molecule has 8 nitrogen and oxygen atoms in total. The molecule has 1 aromatic rings. The van der Waals surface area contributed by atoms with E-state index in [2.05, 4.69) is 19.2 Å². The van der Waals surface area contributed by atoms with Crippen LogP contribution in [-0.2, 0) is 9.59 Å². The van der Waals surface area contributed by atoms with Crippen LogP contribution in [0, 0.1) is 44.6 Å². The third kappa shape index (κ3) is 4.24. The Morgan fingerprint density at radius 1 is 1.03 bits per heavy atom. The van der Waals surface area contributed by atoms with Gasteiger partial charge in [-0.15, -0.1) is 0 Å². The number of imide groups is 1. The lowest BCUT2D eigenvalue weighted by molar-refractivity contribution is -0.384. The zero-order chi connectivity index (χ0) is 27.6. The summed E-state index contributed by atoms with van der Waals surface area (Å²) in [7, 11) is 0. The van der Waals surface area contributed by atoms with Crippen molar-refractivity contribution < 1.29 is 19.3 Å². The zero-order valence-electron chi connectivity index (χ0n) is 23.3. The Balaban J connectivity index is 1.40. The highest BCUT2D eigenvalue weighted by atomic mass is 16.6. The number of likely N-dealkylation sites (tertiary alicyclic amines) is 1. The predicted molar refractivity (Wildman–Crippen MR) is 143 cm³/mol. The second-order valence-corrected chi connectivity index (χ2v) is 13.8. The van der Waals surface area contributed by atoms with Crippen molar-refractivity contribution in [1.29, 1.82) is 0 Å². The minimum absolute atomic E-state index is 0.0251. The van der Waals surface area contributed by atoms with E-state index in [9.17, 15) is 24.5 Å². The van der Waals surface area contributed by atoms with Crippen molar-refractivity contribution in [3.8, 4) is 0 Å². The molecule has 4 aliphatic rings. The van der Waals surface area contributed by atoms with Crippen LogP contribution in [0.5, 0.6) is 0 Å². The summed E-state index contributed by atoms with van der Waals surface area (Å²) in [4.78, 5) is 52.3. The molecular weight excluding hydrogens is 482 g/mol. The molecule has 4 fully saturated rings. The van der Waals surface area contributed by atoms with Crippen LogP contribution in [0.3, 0.4) is 0 Å². The number of hydrogen-bond acceptors (Lipinski definition) is 5. The molecule has 1 saturated heterocycles. The third-order valence-electron chi connectivity index (χ3n) is 10.6. The molecule has 8 heteroatoms. The SMILES string of the molecule is CC(C)(C)NC(=O)[C@H]1CC[C@H]2[C@@H]3CC[C@H]4N(C(=O)c5cccc([N+](=O)[O-])c5)C(=O)CC[C@]4(C)[C@H]3CC[C@]12C. The second kappa shape index (κ2) is 9.16. The first kappa shape index (κ1) is 26.8. The Kier molecular flexibility index (Phi) is 6.47. The van der Waals surface area contributed by atoms with E-state index in [0.29, 0.717) is 24.2 Å². The van der Waals surface area contributed by atoms with Crippen molar-refractivity contribution >= 4 is 23.4 Å². The van der Waals surface area contributed by atoms with E-state index in [4.69, 9.17) is 0 Å². The average Bonchev–Trinajstić information content (AvgIpc) is 3.20. The molecule has 0 aromatic heterocycles. The molecule has 5 rings (SSSR count). The number of nitrogens with zero attached hydrogens (tertiary/aromatic N) is 2. The van der Waals surface area contributed by atoms with E-state index in [1.54, 1.807) is 6.07 Å². The minimum Gasteiger partial charge on any atom is -0.351 e. The molecular formula is C30H41N3O5. The van der Waals surface area contributed by atoms with Gasteiger partial charge in [-0.3, -0.25) is 29.4 Å². The first-order valence-electron chi connectivity index (χ1n) is 14.2. The van der Waals surface area contributed by atoms with Crippen LogP contribution < -0.4 is 5.32 Å². The fourth-order valence-electron chi connectivity index (χ4n) is 8.92. The first-order valence-corrected chi connectivity index (χ1v) is 14.2. The third-order valence-corrected chi connectivity index (χ3v) is 10.6. The molecule has 3 amide bonds. The number of piperidine rings is 1. The monoisotopic (exact) mass is 523 g/mol. The number of nitro groups is 1. The number of nitrogens with one attached hydrogen (secondary N) is 1. The van der Waals surface area contributed by atoms with Crippen molar-refractivity contribution in [2.24, 2.45) is 34.5 Å². The van der Waals surface area contributed by atoms with Crippen molar-refractivity contribution in [2.75, 3.05) is 0 Å². The normalized spacial score (nSPS) is 36.6. The maximum absolute atomic E-state index is 13.6. The number of benzene rings is 1. The van der Waals surface area contributed by atoms with Gasteiger partial charge in [-0.25, -0.2) is 0 Å². The number of carbonyl (C=O) groups is 3. The Bertz CT molecular complexity index is 1170. The van der Waals surface area contributed by atoms with Gasteiger partial charge in [-0.2, -0.15) is 0 Å². The number of fused-ring (bicyclic) bond motifs is 5. The van der Waals surface area contributed by atoms with Gasteiger partial charge in [0.1, 0.15) is 0 Å². The Labute approximate surface area is 225 Å². The van der Waals surface area contributed by atoms with Crippen molar-refractivity contribution in [2.45, 2.75) is 97.6 Å². The lowest BCUT2D eigenvalue weighted by Crippen LogP contribution is -2.63. The summed E-state index contributed by atoms with van der Waals surface area (Å²) in [6, 6.07) is 5.50. The molecule has 206 valence electrons. The van der Waals surface area contributed by atoms with Gasteiger partial charge in [0, 0.05) is 41.6 Å². The van der Waals surface area contributed by atoms with Crippen LogP contribution in [-0.4, -0.2) is 39.1 Å². The van der Waals surface area contributed by atoms with Gasteiger partial charge < -0.3 is 5.32 Å². The number of hydrogen-bond donors (Lipinski definition) is 1. The zero-order valence-corrected chi connectivity index (χ0v) is 23.3. The lowest BCUT2D eigenvalue weighted by atomic mass is 9.46. The Morgan fingerprint density at radius 3 is 2.42 bits per heavy atom. The van der Waals surface area contributed by atoms with E-state index in [1.165, 1.54) is 23.1 Å². The first-order chi connectivity index (χ1) is 17.8. The van der Waals surface area contributed by atoms with Crippen LogP contribution in [0.1, 0.15) is 96.3 Å². The summed E-state index contributed by atoms with van der Waals surface area (Å²) in [5, 5.41) is 14.5. The maximum Gasteiger partial charge on any atom is 0.270 e. The highest BCUT2D eigenvalue weighted by Crippen LogP contribution is 2.66. The fourth-order valence-corrected chi connectivity index (χ4v) is 8.92. The summed E-state index contributed by atoms with van der Waals surface area (Å²) < 4.78 is 0. The molecule has 0 spiro atoms. The van der Waals surface area contributed by atoms with Gasteiger partial charge in [0.25, 0.3) is 11.6 Å². The highest BCUT2D eigenvalue weighted by Gasteiger charge is 2.63. The summed E-state index contributed by atoms with van der Waals surface area (Å²) in [5.74, 6) is 0.934.